The molecule has 0 aliphatic heterocycles. The first-order chi connectivity index (χ1) is 7.41. The lowest BCUT2D eigenvalue weighted by molar-refractivity contribution is -0.385. The minimum Gasteiger partial charge on any atom is -0.491 e. The van der Waals surface area contributed by atoms with Gasteiger partial charge in [0.2, 0.25) is 0 Å². The molecule has 6 heteroatoms. The lowest BCUT2D eigenvalue weighted by atomic mass is 10.2. The van der Waals surface area contributed by atoms with Crippen LogP contribution in [-0.4, -0.2) is 11.0 Å². The van der Waals surface area contributed by atoms with Gasteiger partial charge in [0.25, 0.3) is 12.1 Å². The molecule has 0 atom stereocenters. The van der Waals surface area contributed by atoms with Gasteiger partial charge in [-0.3, -0.25) is 10.1 Å². The van der Waals surface area contributed by atoms with Crippen LogP contribution in [0.25, 0.3) is 0 Å². The van der Waals surface area contributed by atoms with Crippen molar-refractivity contribution in [1.82, 2.24) is 0 Å². The van der Waals surface area contributed by atoms with E-state index in [1.54, 1.807) is 13.8 Å². The van der Waals surface area contributed by atoms with Crippen molar-refractivity contribution < 1.29 is 18.4 Å². The molecular weight excluding hydrogens is 220 g/mol. The largest absolute Gasteiger partial charge is 0.491 e. The average Bonchev–Trinajstić information content (AvgIpc) is 2.16. The third-order valence-electron chi connectivity index (χ3n) is 1.80. The SMILES string of the molecule is CC(C)Oc1ccc([N+](=O)[O-])cc1C(F)F. The van der Waals surface area contributed by atoms with Crippen molar-refractivity contribution in [3.63, 3.8) is 0 Å². The molecule has 0 saturated carbocycles. The molecule has 0 N–H and O–H groups in total. The van der Waals surface area contributed by atoms with Crippen molar-refractivity contribution in [2.45, 2.75) is 26.4 Å². The van der Waals surface area contributed by atoms with Crippen LogP contribution < -0.4 is 4.74 Å². The van der Waals surface area contributed by atoms with E-state index in [2.05, 4.69) is 0 Å². The summed E-state index contributed by atoms with van der Waals surface area (Å²) in [5.41, 5.74) is -0.825. The predicted octanol–water partition coefficient (Wildman–Crippen LogP) is 3.32. The predicted molar refractivity (Wildman–Crippen MR) is 53.8 cm³/mol. The van der Waals surface area contributed by atoms with Gasteiger partial charge in [-0.25, -0.2) is 8.78 Å². The number of hydrogen-bond donors (Lipinski definition) is 0. The lowest BCUT2D eigenvalue weighted by Gasteiger charge is -2.13. The van der Waals surface area contributed by atoms with Gasteiger partial charge in [0.05, 0.1) is 16.6 Å². The molecule has 1 aromatic rings. The van der Waals surface area contributed by atoms with Crippen molar-refractivity contribution in [3.8, 4) is 5.75 Å². The molecule has 0 radical (unpaired) electrons. The van der Waals surface area contributed by atoms with Gasteiger partial charge in [-0.1, -0.05) is 0 Å². The Labute approximate surface area is 91.0 Å². The van der Waals surface area contributed by atoms with Crippen LogP contribution in [0.2, 0.25) is 0 Å². The molecule has 1 rings (SSSR count). The smallest absolute Gasteiger partial charge is 0.270 e. The average molecular weight is 231 g/mol. The summed E-state index contributed by atoms with van der Waals surface area (Å²) in [4.78, 5) is 9.71. The molecule has 0 amide bonds. The summed E-state index contributed by atoms with van der Waals surface area (Å²) in [6.07, 6.45) is -3.06. The second kappa shape index (κ2) is 4.87. The van der Waals surface area contributed by atoms with Gasteiger partial charge >= 0.3 is 0 Å². The van der Waals surface area contributed by atoms with Crippen LogP contribution in [0.1, 0.15) is 25.8 Å². The third kappa shape index (κ3) is 2.88. The Morgan fingerprint density at radius 3 is 2.44 bits per heavy atom. The molecular formula is C10H11F2NO3. The molecule has 0 aliphatic carbocycles. The maximum atomic E-state index is 12.6. The van der Waals surface area contributed by atoms with Gasteiger partial charge in [-0.2, -0.15) is 0 Å². The number of rotatable bonds is 4. The van der Waals surface area contributed by atoms with Gasteiger partial charge in [0.1, 0.15) is 5.75 Å². The number of halogens is 2. The van der Waals surface area contributed by atoms with Crippen LogP contribution in [0.15, 0.2) is 18.2 Å². The lowest BCUT2D eigenvalue weighted by Crippen LogP contribution is -2.08. The molecule has 0 bridgehead atoms. The maximum Gasteiger partial charge on any atom is 0.270 e. The minimum absolute atomic E-state index is 0.0180. The molecule has 0 aromatic heterocycles. The fourth-order valence-corrected chi connectivity index (χ4v) is 1.18. The van der Waals surface area contributed by atoms with E-state index in [0.29, 0.717) is 0 Å². The zero-order valence-corrected chi connectivity index (χ0v) is 8.81. The number of ether oxygens (including phenoxy) is 1. The molecule has 0 aliphatic rings. The number of alkyl halides is 2. The van der Waals surface area contributed by atoms with Gasteiger partial charge in [-0.15, -0.1) is 0 Å². The second-order valence-electron chi connectivity index (χ2n) is 3.45. The number of nitro benzene ring substituents is 1. The van der Waals surface area contributed by atoms with Crippen LogP contribution in [0.3, 0.4) is 0 Å². The highest BCUT2D eigenvalue weighted by Gasteiger charge is 2.19. The van der Waals surface area contributed by atoms with E-state index in [4.69, 9.17) is 4.74 Å². The molecule has 88 valence electrons. The van der Waals surface area contributed by atoms with Crippen molar-refractivity contribution in [1.29, 1.82) is 0 Å². The Hall–Kier alpha value is -1.72. The second-order valence-corrected chi connectivity index (χ2v) is 3.45. The quantitative estimate of drug-likeness (QED) is 0.590. The highest BCUT2D eigenvalue weighted by Crippen LogP contribution is 2.32. The summed E-state index contributed by atoms with van der Waals surface area (Å²) in [7, 11) is 0. The standard InChI is InChI=1S/C10H11F2NO3/c1-6(2)16-9-4-3-7(13(14)15)5-8(9)10(11)12/h3-6,10H,1-2H3. The minimum atomic E-state index is -2.80. The Kier molecular flexibility index (Phi) is 3.76. The van der Waals surface area contributed by atoms with Crippen LogP contribution in [0, 0.1) is 10.1 Å². The highest BCUT2D eigenvalue weighted by atomic mass is 19.3. The highest BCUT2D eigenvalue weighted by molar-refractivity contribution is 5.44. The number of benzene rings is 1. The van der Waals surface area contributed by atoms with Crippen molar-refractivity contribution >= 4 is 5.69 Å². The summed E-state index contributed by atoms with van der Waals surface area (Å²) < 4.78 is 30.4. The van der Waals surface area contributed by atoms with Crippen LogP contribution in [0.5, 0.6) is 5.75 Å². The summed E-state index contributed by atoms with van der Waals surface area (Å²) in [5, 5.41) is 10.4. The van der Waals surface area contributed by atoms with E-state index in [1.807, 2.05) is 0 Å². The summed E-state index contributed by atoms with van der Waals surface area (Å²) in [5.74, 6) is -0.0180. The zero-order valence-electron chi connectivity index (χ0n) is 8.81. The normalized spacial score (nSPS) is 10.9. The maximum absolute atomic E-state index is 12.6. The Balaban J connectivity index is 3.14. The van der Waals surface area contributed by atoms with Crippen molar-refractivity contribution in [2.75, 3.05) is 0 Å². The van der Waals surface area contributed by atoms with Crippen LogP contribution in [-0.2, 0) is 0 Å². The van der Waals surface area contributed by atoms with Gasteiger partial charge in [-0.05, 0) is 19.9 Å². The number of nitro groups is 1. The summed E-state index contributed by atoms with van der Waals surface area (Å²) in [6, 6.07) is 3.17. The van der Waals surface area contributed by atoms with Gasteiger partial charge in [0.15, 0.2) is 0 Å². The molecule has 1 aromatic carbocycles. The molecule has 0 saturated heterocycles. The first kappa shape index (κ1) is 12.4. The van der Waals surface area contributed by atoms with Crippen LogP contribution in [0.4, 0.5) is 14.5 Å². The fraction of sp³-hybridized carbons (Fsp3) is 0.400. The Morgan fingerprint density at radius 1 is 1.38 bits per heavy atom. The van der Waals surface area contributed by atoms with E-state index >= 15 is 0 Å². The van der Waals surface area contributed by atoms with E-state index in [9.17, 15) is 18.9 Å². The number of non-ortho nitro benzene ring substituents is 1. The van der Waals surface area contributed by atoms with E-state index in [0.717, 1.165) is 12.1 Å². The molecule has 0 spiro atoms. The first-order valence-electron chi connectivity index (χ1n) is 4.65. The molecule has 16 heavy (non-hydrogen) atoms. The number of nitrogens with zero attached hydrogens (tertiary/aromatic N) is 1. The van der Waals surface area contributed by atoms with Gasteiger partial charge in [0, 0.05) is 12.1 Å². The zero-order chi connectivity index (χ0) is 12.3. The molecule has 0 fully saturated rings. The Morgan fingerprint density at radius 2 is 2.00 bits per heavy atom. The van der Waals surface area contributed by atoms with E-state index in [1.165, 1.54) is 6.07 Å². The van der Waals surface area contributed by atoms with E-state index < -0.39 is 16.9 Å². The Bertz CT molecular complexity index is 394. The summed E-state index contributed by atoms with van der Waals surface area (Å²) in [6.45, 7) is 3.38. The molecule has 0 heterocycles. The fourth-order valence-electron chi connectivity index (χ4n) is 1.18. The van der Waals surface area contributed by atoms with Crippen molar-refractivity contribution in [2.24, 2.45) is 0 Å². The molecule has 4 nitrogen and oxygen atoms in total. The van der Waals surface area contributed by atoms with Crippen molar-refractivity contribution in [3.05, 3.63) is 33.9 Å². The monoisotopic (exact) mass is 231 g/mol. The third-order valence-corrected chi connectivity index (χ3v) is 1.80. The van der Waals surface area contributed by atoms with Gasteiger partial charge < -0.3 is 4.74 Å². The van der Waals surface area contributed by atoms with Crippen LogP contribution >= 0.6 is 0 Å². The van der Waals surface area contributed by atoms with E-state index in [-0.39, 0.29) is 17.5 Å². The topological polar surface area (TPSA) is 52.4 Å². The first-order valence-corrected chi connectivity index (χ1v) is 4.65. The molecule has 0 unspecified atom stereocenters. The number of hydrogen-bond acceptors (Lipinski definition) is 3. The summed E-state index contributed by atoms with van der Waals surface area (Å²) >= 11 is 0.